The zero-order chi connectivity index (χ0) is 22.7. The molecule has 1 amide bonds. The molecule has 4 rings (SSSR count). The third-order valence-electron chi connectivity index (χ3n) is 4.64. The lowest BCUT2D eigenvalue weighted by Crippen LogP contribution is -2.27. The van der Waals surface area contributed by atoms with E-state index in [9.17, 15) is 14.9 Å². The minimum Gasteiger partial charge on any atom is -0.488 e. The number of nitro groups is 1. The molecule has 0 bridgehead atoms. The van der Waals surface area contributed by atoms with Crippen molar-refractivity contribution in [2.24, 2.45) is 0 Å². The highest BCUT2D eigenvalue weighted by molar-refractivity contribution is 8.27. The van der Waals surface area contributed by atoms with E-state index in [1.807, 2.05) is 30.3 Å². The van der Waals surface area contributed by atoms with Crippen LogP contribution in [0.2, 0.25) is 5.02 Å². The Morgan fingerprint density at radius 2 is 1.81 bits per heavy atom. The van der Waals surface area contributed by atoms with Gasteiger partial charge in [0.25, 0.3) is 11.6 Å². The van der Waals surface area contributed by atoms with Gasteiger partial charge < -0.3 is 4.74 Å². The van der Waals surface area contributed by atoms with Crippen LogP contribution in [0.1, 0.15) is 11.1 Å². The van der Waals surface area contributed by atoms with Crippen molar-refractivity contribution in [3.8, 4) is 5.75 Å². The van der Waals surface area contributed by atoms with Crippen LogP contribution in [0.25, 0.3) is 6.08 Å². The molecule has 0 spiro atoms. The lowest BCUT2D eigenvalue weighted by atomic mass is 10.1. The van der Waals surface area contributed by atoms with E-state index in [1.54, 1.807) is 42.5 Å². The minimum atomic E-state index is -0.448. The first-order chi connectivity index (χ1) is 15.4. The van der Waals surface area contributed by atoms with Crippen LogP contribution in [0.5, 0.6) is 5.75 Å². The fourth-order valence-corrected chi connectivity index (χ4v) is 4.61. The van der Waals surface area contributed by atoms with Crippen LogP contribution in [0.4, 0.5) is 11.4 Å². The number of hydrogen-bond donors (Lipinski definition) is 0. The smallest absolute Gasteiger partial charge is 0.276 e. The molecule has 0 saturated carbocycles. The largest absolute Gasteiger partial charge is 0.488 e. The molecular formula is C23H15ClN2O4S2. The van der Waals surface area contributed by atoms with Crippen molar-refractivity contribution in [1.29, 1.82) is 0 Å². The number of rotatable bonds is 6. The summed E-state index contributed by atoms with van der Waals surface area (Å²) in [4.78, 5) is 25.7. The van der Waals surface area contributed by atoms with Gasteiger partial charge in [0.15, 0.2) is 4.32 Å². The van der Waals surface area contributed by atoms with E-state index in [-0.39, 0.29) is 18.2 Å². The Hall–Kier alpha value is -3.20. The summed E-state index contributed by atoms with van der Waals surface area (Å²) in [5, 5.41) is 11.7. The number of amides is 1. The van der Waals surface area contributed by atoms with Gasteiger partial charge in [-0.1, -0.05) is 65.9 Å². The van der Waals surface area contributed by atoms with E-state index in [4.69, 9.17) is 28.6 Å². The fraction of sp³-hybridized carbons (Fsp3) is 0.0435. The maximum atomic E-state index is 13.0. The highest BCUT2D eigenvalue weighted by Crippen LogP contribution is 2.37. The van der Waals surface area contributed by atoms with Gasteiger partial charge in [0.05, 0.1) is 21.1 Å². The number of nitro benzene ring substituents is 1. The third-order valence-corrected chi connectivity index (χ3v) is 6.18. The van der Waals surface area contributed by atoms with Crippen molar-refractivity contribution < 1.29 is 14.5 Å². The molecule has 6 nitrogen and oxygen atoms in total. The molecule has 1 aliphatic heterocycles. The molecule has 160 valence electrons. The highest BCUT2D eigenvalue weighted by atomic mass is 35.5. The van der Waals surface area contributed by atoms with Crippen molar-refractivity contribution in [2.45, 2.75) is 6.61 Å². The molecule has 0 aliphatic carbocycles. The zero-order valence-electron chi connectivity index (χ0n) is 16.4. The van der Waals surface area contributed by atoms with Crippen molar-refractivity contribution in [3.05, 3.63) is 104 Å². The number of halogens is 1. The Kier molecular flexibility index (Phi) is 6.55. The standard InChI is InChI=1S/C23H15ClN2O4S2/c24-17-10-11-20(30-14-15-6-4-5-9-19(15)26(28)29)16(12-17)13-21-22(27)25(23(31)32-21)18-7-2-1-3-8-18/h1-13H,14H2/b21-13-. The van der Waals surface area contributed by atoms with E-state index in [2.05, 4.69) is 0 Å². The number of para-hydroxylation sites is 2. The first kappa shape index (κ1) is 22.0. The summed E-state index contributed by atoms with van der Waals surface area (Å²) in [5.74, 6) is 0.202. The second-order valence-corrected chi connectivity index (χ2v) is 8.82. The van der Waals surface area contributed by atoms with Gasteiger partial charge in [-0.05, 0) is 42.5 Å². The van der Waals surface area contributed by atoms with Crippen LogP contribution >= 0.6 is 35.6 Å². The average Bonchev–Trinajstić information content (AvgIpc) is 3.06. The number of nitrogens with zero attached hydrogens (tertiary/aromatic N) is 2. The second kappa shape index (κ2) is 9.52. The SMILES string of the molecule is O=C1/C(=C/c2cc(Cl)ccc2OCc2ccccc2[N+](=O)[O-])SC(=S)N1c1ccccc1. The predicted molar refractivity (Wildman–Crippen MR) is 131 cm³/mol. The molecule has 1 fully saturated rings. The maximum absolute atomic E-state index is 13.0. The molecule has 32 heavy (non-hydrogen) atoms. The maximum Gasteiger partial charge on any atom is 0.276 e. The number of benzene rings is 3. The second-order valence-electron chi connectivity index (χ2n) is 6.71. The van der Waals surface area contributed by atoms with Gasteiger partial charge in [0.2, 0.25) is 0 Å². The van der Waals surface area contributed by atoms with Crippen LogP contribution in [0.15, 0.2) is 77.7 Å². The van der Waals surface area contributed by atoms with Gasteiger partial charge in [-0.15, -0.1) is 0 Å². The summed E-state index contributed by atoms with van der Waals surface area (Å²) < 4.78 is 6.31. The summed E-state index contributed by atoms with van der Waals surface area (Å²) in [5.41, 5.74) is 1.68. The number of anilines is 1. The van der Waals surface area contributed by atoms with E-state index in [1.165, 1.54) is 22.7 Å². The molecule has 0 aromatic heterocycles. The normalized spacial score (nSPS) is 14.8. The van der Waals surface area contributed by atoms with Crippen LogP contribution in [-0.4, -0.2) is 15.2 Å². The molecule has 9 heteroatoms. The molecule has 1 aliphatic rings. The molecule has 0 unspecified atom stereocenters. The van der Waals surface area contributed by atoms with Crippen LogP contribution in [0, 0.1) is 10.1 Å². The molecule has 3 aromatic carbocycles. The van der Waals surface area contributed by atoms with Gasteiger partial charge >= 0.3 is 0 Å². The molecule has 3 aromatic rings. The number of carbonyl (C=O) groups is 1. The third kappa shape index (κ3) is 4.67. The summed E-state index contributed by atoms with van der Waals surface area (Å²) in [6, 6.07) is 20.5. The Morgan fingerprint density at radius 1 is 1.09 bits per heavy atom. The van der Waals surface area contributed by atoms with E-state index in [0.29, 0.717) is 36.8 Å². The van der Waals surface area contributed by atoms with E-state index < -0.39 is 4.92 Å². The van der Waals surface area contributed by atoms with Gasteiger partial charge in [-0.3, -0.25) is 19.8 Å². The predicted octanol–water partition coefficient (Wildman–Crippen LogP) is 6.23. The molecule has 0 atom stereocenters. The fourth-order valence-electron chi connectivity index (χ4n) is 3.14. The van der Waals surface area contributed by atoms with Crippen molar-refractivity contribution in [3.63, 3.8) is 0 Å². The zero-order valence-corrected chi connectivity index (χ0v) is 18.8. The number of thioether (sulfide) groups is 1. The molecule has 0 N–H and O–H groups in total. The monoisotopic (exact) mass is 482 g/mol. The number of ether oxygens (including phenoxy) is 1. The van der Waals surface area contributed by atoms with Crippen molar-refractivity contribution in [1.82, 2.24) is 0 Å². The van der Waals surface area contributed by atoms with Crippen LogP contribution < -0.4 is 9.64 Å². The summed E-state index contributed by atoms with van der Waals surface area (Å²) >= 11 is 12.8. The summed E-state index contributed by atoms with van der Waals surface area (Å²) in [6.07, 6.45) is 1.67. The Balaban J connectivity index is 1.62. The molecule has 0 radical (unpaired) electrons. The van der Waals surface area contributed by atoms with Gasteiger partial charge in [0.1, 0.15) is 12.4 Å². The lowest BCUT2D eigenvalue weighted by molar-refractivity contribution is -0.385. The highest BCUT2D eigenvalue weighted by Gasteiger charge is 2.33. The van der Waals surface area contributed by atoms with Gasteiger partial charge in [-0.25, -0.2) is 0 Å². The van der Waals surface area contributed by atoms with Crippen molar-refractivity contribution in [2.75, 3.05) is 4.90 Å². The van der Waals surface area contributed by atoms with Crippen molar-refractivity contribution >= 4 is 63.3 Å². The topological polar surface area (TPSA) is 72.7 Å². The molecular weight excluding hydrogens is 468 g/mol. The Labute approximate surface area is 198 Å². The van der Waals surface area contributed by atoms with E-state index in [0.717, 1.165) is 0 Å². The summed E-state index contributed by atoms with van der Waals surface area (Å²) in [6.45, 7) is -0.00932. The Morgan fingerprint density at radius 3 is 2.56 bits per heavy atom. The van der Waals surface area contributed by atoms with Crippen LogP contribution in [0.3, 0.4) is 0 Å². The average molecular weight is 483 g/mol. The van der Waals surface area contributed by atoms with Gasteiger partial charge in [0, 0.05) is 16.7 Å². The minimum absolute atomic E-state index is 0.00932. The number of hydrogen-bond acceptors (Lipinski definition) is 6. The van der Waals surface area contributed by atoms with Gasteiger partial charge in [-0.2, -0.15) is 0 Å². The summed E-state index contributed by atoms with van der Waals surface area (Å²) in [7, 11) is 0. The lowest BCUT2D eigenvalue weighted by Gasteiger charge is -2.14. The number of carbonyl (C=O) groups excluding carboxylic acids is 1. The number of thiocarbonyl (C=S) groups is 1. The molecule has 1 heterocycles. The Bertz CT molecular complexity index is 1250. The quantitative estimate of drug-likeness (QED) is 0.179. The first-order valence-electron chi connectivity index (χ1n) is 9.41. The van der Waals surface area contributed by atoms with Crippen LogP contribution in [-0.2, 0) is 11.4 Å². The first-order valence-corrected chi connectivity index (χ1v) is 11.0. The molecule has 1 saturated heterocycles. The van der Waals surface area contributed by atoms with E-state index >= 15 is 0 Å².